The number of hydrogen-bond acceptors (Lipinski definition) is 7. The summed E-state index contributed by atoms with van der Waals surface area (Å²) in [4.78, 5) is 25.8. The van der Waals surface area contributed by atoms with E-state index in [1.165, 1.54) is 18.2 Å². The molecular weight excluding hydrogens is 507 g/mol. The van der Waals surface area contributed by atoms with Crippen LogP contribution in [0.25, 0.3) is 0 Å². The van der Waals surface area contributed by atoms with Crippen molar-refractivity contribution < 1.29 is 46.1 Å². The average molecular weight is 526 g/mol. The van der Waals surface area contributed by atoms with E-state index in [2.05, 4.69) is 30.4 Å². The SMILES string of the molecule is CNc1cc(CNc2ccccc2C(=O)Nc2ccc3c(c2)OC(F)(F)O3)ccn1.O=C(O)C(F)(F)F. The maximum Gasteiger partial charge on any atom is 0.586 e. The van der Waals surface area contributed by atoms with Crippen LogP contribution in [0.5, 0.6) is 11.5 Å². The van der Waals surface area contributed by atoms with Gasteiger partial charge in [0.05, 0.1) is 5.56 Å². The Balaban J connectivity index is 0.000000479. The number of ether oxygens (including phenoxy) is 2. The standard InChI is InChI=1S/C21H18F2N4O3.C2HF3O2/c1-24-19-10-13(8-9-25-19)12-26-16-5-3-2-4-15(16)20(28)27-14-6-7-17-18(11-14)30-21(22,23)29-17;3-2(4,5)1(6)7/h2-11,26H,12H2,1H3,(H,24,25)(H,27,28);(H,6,7). The number of halogens is 5. The fraction of sp³-hybridized carbons (Fsp3) is 0.174. The van der Waals surface area contributed by atoms with Crippen molar-refractivity contribution in [1.82, 2.24) is 4.98 Å². The number of carbonyl (C=O) groups excluding carboxylic acids is 1. The molecule has 0 saturated carbocycles. The zero-order valence-corrected chi connectivity index (χ0v) is 18.9. The molecule has 2 aromatic carbocycles. The van der Waals surface area contributed by atoms with Gasteiger partial charge in [0.2, 0.25) is 0 Å². The molecule has 3 aromatic rings. The predicted molar refractivity (Wildman–Crippen MR) is 122 cm³/mol. The summed E-state index contributed by atoms with van der Waals surface area (Å²) in [5.41, 5.74) is 2.33. The molecule has 0 atom stereocenters. The van der Waals surface area contributed by atoms with Gasteiger partial charge in [-0.2, -0.15) is 13.2 Å². The lowest BCUT2D eigenvalue weighted by molar-refractivity contribution is -0.286. The largest absolute Gasteiger partial charge is 0.586 e. The number of anilines is 3. The molecule has 0 radical (unpaired) electrons. The molecule has 0 bridgehead atoms. The van der Waals surface area contributed by atoms with Crippen LogP contribution in [-0.2, 0) is 11.3 Å². The minimum atomic E-state index is -5.08. The number of amides is 1. The second-order valence-corrected chi connectivity index (χ2v) is 7.28. The molecule has 1 aliphatic rings. The van der Waals surface area contributed by atoms with E-state index < -0.39 is 24.3 Å². The summed E-state index contributed by atoms with van der Waals surface area (Å²) in [6.07, 6.45) is -7.09. The Hall–Kier alpha value is -4.62. The number of nitrogens with one attached hydrogen (secondary N) is 3. The van der Waals surface area contributed by atoms with E-state index in [4.69, 9.17) is 9.90 Å². The van der Waals surface area contributed by atoms with Gasteiger partial charge in [0.25, 0.3) is 5.91 Å². The first-order valence-corrected chi connectivity index (χ1v) is 10.3. The minimum absolute atomic E-state index is 0.0849. The second-order valence-electron chi connectivity index (χ2n) is 7.28. The van der Waals surface area contributed by atoms with Gasteiger partial charge in [0, 0.05) is 37.2 Å². The van der Waals surface area contributed by atoms with E-state index >= 15 is 0 Å². The number of rotatable bonds is 6. The van der Waals surface area contributed by atoms with E-state index in [1.807, 2.05) is 18.2 Å². The van der Waals surface area contributed by atoms with Gasteiger partial charge in [-0.1, -0.05) is 12.1 Å². The molecular formula is C23H19F5N4O5. The summed E-state index contributed by atoms with van der Waals surface area (Å²) in [7, 11) is 1.79. The topological polar surface area (TPSA) is 122 Å². The number of aliphatic carboxylic acids is 1. The monoisotopic (exact) mass is 526 g/mol. The number of alkyl halides is 5. The lowest BCUT2D eigenvalue weighted by Gasteiger charge is -2.13. The third kappa shape index (κ3) is 7.43. The highest BCUT2D eigenvalue weighted by Crippen LogP contribution is 2.42. The van der Waals surface area contributed by atoms with Crippen LogP contribution in [-0.4, -0.2) is 41.5 Å². The van der Waals surface area contributed by atoms with Gasteiger partial charge in [-0.05, 0) is 42.0 Å². The molecule has 0 fully saturated rings. The van der Waals surface area contributed by atoms with Crippen LogP contribution in [0.1, 0.15) is 15.9 Å². The number of hydrogen-bond donors (Lipinski definition) is 4. The summed E-state index contributed by atoms with van der Waals surface area (Å²) in [6.45, 7) is 0.487. The third-order valence-electron chi connectivity index (χ3n) is 4.64. The zero-order valence-electron chi connectivity index (χ0n) is 18.9. The number of nitrogens with zero attached hydrogens (tertiary/aromatic N) is 1. The number of aromatic nitrogens is 1. The molecule has 37 heavy (non-hydrogen) atoms. The molecule has 0 unspecified atom stereocenters. The summed E-state index contributed by atoms with van der Waals surface area (Å²) in [6, 6.07) is 14.9. The Morgan fingerprint density at radius 1 is 1.03 bits per heavy atom. The van der Waals surface area contributed by atoms with Gasteiger partial charge in [-0.25, -0.2) is 9.78 Å². The summed E-state index contributed by atoms with van der Waals surface area (Å²) >= 11 is 0. The maximum absolute atomic E-state index is 13.2. The van der Waals surface area contributed by atoms with E-state index in [-0.39, 0.29) is 11.5 Å². The Bertz CT molecular complexity index is 1290. The molecule has 1 aliphatic heterocycles. The smallest absolute Gasteiger partial charge is 0.475 e. The third-order valence-corrected chi connectivity index (χ3v) is 4.64. The fourth-order valence-electron chi connectivity index (χ4n) is 2.98. The maximum atomic E-state index is 13.2. The Labute approximate surface area is 206 Å². The molecule has 0 spiro atoms. The number of fused-ring (bicyclic) bond motifs is 1. The summed E-state index contributed by atoms with van der Waals surface area (Å²) in [5.74, 6) is -2.63. The van der Waals surface area contributed by atoms with E-state index in [0.717, 1.165) is 11.4 Å². The van der Waals surface area contributed by atoms with Crippen molar-refractivity contribution in [3.63, 3.8) is 0 Å². The quantitative estimate of drug-likeness (QED) is 0.333. The van der Waals surface area contributed by atoms with Crippen molar-refractivity contribution in [2.45, 2.75) is 19.0 Å². The Morgan fingerprint density at radius 3 is 2.38 bits per heavy atom. The van der Waals surface area contributed by atoms with Gasteiger partial charge >= 0.3 is 18.4 Å². The normalized spacial score (nSPS) is 13.1. The molecule has 0 saturated heterocycles. The molecule has 196 valence electrons. The molecule has 0 aliphatic carbocycles. The minimum Gasteiger partial charge on any atom is -0.475 e. The van der Waals surface area contributed by atoms with Crippen molar-refractivity contribution >= 4 is 29.1 Å². The van der Waals surface area contributed by atoms with E-state index in [0.29, 0.717) is 23.5 Å². The highest BCUT2D eigenvalue weighted by molar-refractivity contribution is 6.08. The first kappa shape index (κ1) is 27.0. The highest BCUT2D eigenvalue weighted by Gasteiger charge is 2.43. The first-order chi connectivity index (χ1) is 17.4. The van der Waals surface area contributed by atoms with Crippen molar-refractivity contribution in [2.75, 3.05) is 23.0 Å². The van der Waals surface area contributed by atoms with Crippen LogP contribution < -0.4 is 25.4 Å². The lowest BCUT2D eigenvalue weighted by atomic mass is 10.1. The van der Waals surface area contributed by atoms with Crippen LogP contribution >= 0.6 is 0 Å². The zero-order chi connectivity index (χ0) is 27.2. The average Bonchev–Trinajstić information content (AvgIpc) is 3.16. The molecule has 9 nitrogen and oxygen atoms in total. The molecule has 14 heteroatoms. The second kappa shape index (κ2) is 11.0. The summed E-state index contributed by atoms with van der Waals surface area (Å²) < 4.78 is 66.9. The van der Waals surface area contributed by atoms with Crippen molar-refractivity contribution in [2.24, 2.45) is 0 Å². The van der Waals surface area contributed by atoms with Crippen LogP contribution in [0.3, 0.4) is 0 Å². The molecule has 1 aromatic heterocycles. The number of para-hydroxylation sites is 1. The number of pyridine rings is 1. The van der Waals surface area contributed by atoms with Crippen LogP contribution in [0.15, 0.2) is 60.8 Å². The molecule has 4 rings (SSSR count). The van der Waals surface area contributed by atoms with Crippen LogP contribution in [0.4, 0.5) is 39.1 Å². The predicted octanol–water partition coefficient (Wildman–Crippen LogP) is 4.94. The van der Waals surface area contributed by atoms with Crippen molar-refractivity contribution in [3.05, 3.63) is 71.9 Å². The van der Waals surface area contributed by atoms with E-state index in [9.17, 15) is 26.7 Å². The van der Waals surface area contributed by atoms with E-state index in [1.54, 1.807) is 31.4 Å². The van der Waals surface area contributed by atoms with Gasteiger partial charge in [0.1, 0.15) is 5.82 Å². The molecule has 4 N–H and O–H groups in total. The van der Waals surface area contributed by atoms with Crippen LogP contribution in [0.2, 0.25) is 0 Å². The Kier molecular flexibility index (Phi) is 8.00. The lowest BCUT2D eigenvalue weighted by Crippen LogP contribution is -2.25. The fourth-order valence-corrected chi connectivity index (χ4v) is 2.98. The molecule has 1 amide bonds. The number of carbonyl (C=O) groups is 2. The first-order valence-electron chi connectivity index (χ1n) is 10.3. The summed E-state index contributed by atoms with van der Waals surface area (Å²) in [5, 5.41) is 16.0. The highest BCUT2D eigenvalue weighted by atomic mass is 19.4. The van der Waals surface area contributed by atoms with Gasteiger partial charge in [-0.15, -0.1) is 8.78 Å². The molecule has 2 heterocycles. The number of carboxylic acid groups (broad SMARTS) is 1. The van der Waals surface area contributed by atoms with Crippen LogP contribution in [0, 0.1) is 0 Å². The van der Waals surface area contributed by atoms with Gasteiger partial charge in [-0.3, -0.25) is 4.79 Å². The number of benzene rings is 2. The number of carboxylic acids is 1. The van der Waals surface area contributed by atoms with Gasteiger partial charge < -0.3 is 30.5 Å². The van der Waals surface area contributed by atoms with Crippen molar-refractivity contribution in [1.29, 1.82) is 0 Å². The van der Waals surface area contributed by atoms with Crippen molar-refractivity contribution in [3.8, 4) is 11.5 Å². The Morgan fingerprint density at radius 2 is 1.70 bits per heavy atom. The van der Waals surface area contributed by atoms with Gasteiger partial charge in [0.15, 0.2) is 11.5 Å².